The number of nitrogens with two attached hydrogens (primary N) is 1. The average Bonchev–Trinajstić information content (AvgIpc) is 3.67. The summed E-state index contributed by atoms with van der Waals surface area (Å²) in [5.41, 5.74) is 8.75. The van der Waals surface area contributed by atoms with E-state index in [2.05, 4.69) is 58.2 Å². The van der Waals surface area contributed by atoms with Crippen molar-refractivity contribution in [2.45, 2.75) is 68.5 Å². The lowest BCUT2D eigenvalue weighted by Gasteiger charge is -2.32. The monoisotopic (exact) mass is 614 g/mol. The Labute approximate surface area is 259 Å². The number of allylic oxidation sites excluding steroid dienone is 5. The van der Waals surface area contributed by atoms with Crippen molar-refractivity contribution in [2.75, 3.05) is 33.3 Å². The highest BCUT2D eigenvalue weighted by molar-refractivity contribution is 8.14. The first kappa shape index (κ1) is 32.6. The van der Waals surface area contributed by atoms with Crippen LogP contribution in [0.4, 0.5) is 4.79 Å². The van der Waals surface area contributed by atoms with Crippen LogP contribution in [0.25, 0.3) is 0 Å². The molecule has 230 valence electrons. The van der Waals surface area contributed by atoms with Crippen LogP contribution in [0.2, 0.25) is 0 Å². The number of fused-ring (bicyclic) bond motifs is 2. The summed E-state index contributed by atoms with van der Waals surface area (Å²) in [6.07, 6.45) is 17.2. The number of amides is 2. The van der Waals surface area contributed by atoms with E-state index in [0.29, 0.717) is 22.7 Å². The Morgan fingerprint density at radius 1 is 1.40 bits per heavy atom. The Balaban J connectivity index is 1.44. The number of nitrogens with one attached hydrogen (secondary N) is 2. The normalized spacial score (nSPS) is 30.6. The molecule has 0 aromatic carbocycles. The van der Waals surface area contributed by atoms with Crippen molar-refractivity contribution in [3.8, 4) is 0 Å². The fraction of sp³-hybridized carbons (Fsp3) is 0.548. The van der Waals surface area contributed by atoms with Crippen LogP contribution in [0.3, 0.4) is 0 Å². The number of carbonyl (C=O) groups is 1. The molecule has 3 heterocycles. The highest BCUT2D eigenvalue weighted by Gasteiger charge is 2.54. The Kier molecular flexibility index (Phi) is 11.6. The van der Waals surface area contributed by atoms with Crippen molar-refractivity contribution in [3.05, 3.63) is 72.6 Å². The number of hydrogen-bond donors (Lipinski definition) is 4. The molecule has 1 spiro atoms. The molecule has 0 saturated carbocycles. The molecule has 1 aliphatic carbocycles. The SMILES string of the molecule is C=C/C=C\C(=C/C)CCNSC1C=C2C(CC1)N(C(=O)NC1=NC(/C=C\C(=C)OC)C(N)S1)CC21CCN(C(C)O)C1. The predicted molar refractivity (Wildman–Crippen MR) is 176 cm³/mol. The summed E-state index contributed by atoms with van der Waals surface area (Å²) in [4.78, 5) is 22.4. The van der Waals surface area contributed by atoms with E-state index in [-0.39, 0.29) is 28.9 Å². The lowest BCUT2D eigenvalue weighted by atomic mass is 9.76. The number of urea groups is 1. The molecule has 42 heavy (non-hydrogen) atoms. The van der Waals surface area contributed by atoms with Gasteiger partial charge in [0.05, 0.1) is 24.6 Å². The number of aliphatic imine (C=N–C) groups is 1. The minimum Gasteiger partial charge on any atom is -0.497 e. The number of rotatable bonds is 11. The third-order valence-electron chi connectivity index (χ3n) is 8.46. The number of aliphatic hydroxyl groups excluding tert-OH is 1. The molecule has 2 fully saturated rings. The van der Waals surface area contributed by atoms with E-state index in [1.54, 1.807) is 31.2 Å². The smallest absolute Gasteiger partial charge is 0.323 e. The van der Waals surface area contributed by atoms with Crippen molar-refractivity contribution in [1.29, 1.82) is 0 Å². The summed E-state index contributed by atoms with van der Waals surface area (Å²) in [5.74, 6) is 0.525. The van der Waals surface area contributed by atoms with E-state index < -0.39 is 6.23 Å². The lowest BCUT2D eigenvalue weighted by molar-refractivity contribution is 0.0305. The average molecular weight is 615 g/mol. The van der Waals surface area contributed by atoms with Crippen LogP contribution in [0.1, 0.15) is 39.5 Å². The number of nitrogens with zero attached hydrogens (tertiary/aromatic N) is 3. The Morgan fingerprint density at radius 2 is 2.21 bits per heavy atom. The number of ether oxygens (including phenoxy) is 1. The maximum Gasteiger partial charge on any atom is 0.323 e. The van der Waals surface area contributed by atoms with E-state index in [9.17, 15) is 9.90 Å². The molecule has 6 unspecified atom stereocenters. The van der Waals surface area contributed by atoms with Crippen LogP contribution in [0.5, 0.6) is 0 Å². The van der Waals surface area contributed by atoms with Crippen LogP contribution in [-0.2, 0) is 4.74 Å². The first-order chi connectivity index (χ1) is 20.2. The van der Waals surface area contributed by atoms with E-state index in [1.165, 1.54) is 22.9 Å². The van der Waals surface area contributed by atoms with Gasteiger partial charge in [-0.25, -0.2) is 4.79 Å². The van der Waals surface area contributed by atoms with Gasteiger partial charge in [0, 0.05) is 36.8 Å². The zero-order chi connectivity index (χ0) is 30.3. The molecule has 3 aliphatic heterocycles. The number of amidine groups is 1. The molecule has 0 aromatic heterocycles. The van der Waals surface area contributed by atoms with E-state index in [0.717, 1.165) is 45.3 Å². The maximum absolute atomic E-state index is 13.7. The second kappa shape index (κ2) is 14.9. The van der Waals surface area contributed by atoms with Gasteiger partial charge < -0.3 is 20.5 Å². The van der Waals surface area contributed by atoms with Gasteiger partial charge in [0.2, 0.25) is 0 Å². The largest absolute Gasteiger partial charge is 0.497 e. The van der Waals surface area contributed by atoms with Gasteiger partial charge >= 0.3 is 6.03 Å². The zero-order valence-corrected chi connectivity index (χ0v) is 26.6. The standard InChI is InChI=1S/C31H46N6O3S2/c1-6-8-9-23(7-2)14-16-33-42-24-11-13-27-25(18-24)31(15-17-36(19-31)22(4)38)20-37(27)30(39)35-29-34-26(28(32)41-29)12-10-21(3)40-5/h6-10,12,18,22,24,26-28,33,38H,1,3,11,13-17,19-20,32H2,2,4-5H3,(H,34,35,39)/b9-8-,12-10-,23-7+. The fourth-order valence-electron chi connectivity index (χ4n) is 6.11. The summed E-state index contributed by atoms with van der Waals surface area (Å²) in [5, 5.41) is 14.0. The minimum absolute atomic E-state index is 0.0378. The van der Waals surface area contributed by atoms with Crippen molar-refractivity contribution in [2.24, 2.45) is 16.1 Å². The lowest BCUT2D eigenvalue weighted by Crippen LogP contribution is -2.46. The summed E-state index contributed by atoms with van der Waals surface area (Å²) >= 11 is 3.14. The van der Waals surface area contributed by atoms with Crippen LogP contribution in [0.15, 0.2) is 77.6 Å². The van der Waals surface area contributed by atoms with Gasteiger partial charge in [-0.1, -0.05) is 78.9 Å². The van der Waals surface area contributed by atoms with Crippen molar-refractivity contribution in [1.82, 2.24) is 19.8 Å². The molecular weight excluding hydrogens is 569 g/mol. The third-order valence-corrected chi connectivity index (χ3v) is 10.5. The maximum atomic E-state index is 13.7. The van der Waals surface area contributed by atoms with Gasteiger partial charge in [-0.15, -0.1) is 0 Å². The van der Waals surface area contributed by atoms with Crippen LogP contribution in [0, 0.1) is 5.41 Å². The molecule has 2 amide bonds. The number of likely N-dealkylation sites (tertiary alicyclic amines) is 2. The second-order valence-electron chi connectivity index (χ2n) is 11.2. The van der Waals surface area contributed by atoms with Gasteiger partial charge in [-0.05, 0) is 51.2 Å². The molecule has 5 N–H and O–H groups in total. The van der Waals surface area contributed by atoms with E-state index in [4.69, 9.17) is 10.5 Å². The molecule has 11 heteroatoms. The molecule has 0 aromatic rings. The highest BCUT2D eigenvalue weighted by atomic mass is 32.2. The molecule has 4 rings (SSSR count). The first-order valence-electron chi connectivity index (χ1n) is 14.7. The van der Waals surface area contributed by atoms with E-state index >= 15 is 0 Å². The number of aliphatic hydroxyl groups is 1. The summed E-state index contributed by atoms with van der Waals surface area (Å²) < 4.78 is 8.67. The van der Waals surface area contributed by atoms with E-state index in [1.807, 2.05) is 24.0 Å². The van der Waals surface area contributed by atoms with Crippen molar-refractivity contribution >= 4 is 34.9 Å². The van der Waals surface area contributed by atoms with Crippen molar-refractivity contribution < 1.29 is 14.6 Å². The number of thioether (sulfide) groups is 1. The van der Waals surface area contributed by atoms with Gasteiger partial charge in [-0.2, -0.15) is 0 Å². The summed E-state index contributed by atoms with van der Waals surface area (Å²) in [6, 6.07) is -0.372. The quantitative estimate of drug-likeness (QED) is 0.0896. The van der Waals surface area contributed by atoms with Crippen LogP contribution >= 0.6 is 23.7 Å². The topological polar surface area (TPSA) is 115 Å². The van der Waals surface area contributed by atoms with Crippen molar-refractivity contribution in [3.63, 3.8) is 0 Å². The fourth-order valence-corrected chi connectivity index (χ4v) is 7.89. The molecule has 0 bridgehead atoms. The molecule has 2 saturated heterocycles. The molecular formula is C31H46N6O3S2. The van der Waals surface area contributed by atoms with Gasteiger partial charge in [-0.3, -0.25) is 19.9 Å². The van der Waals surface area contributed by atoms with Gasteiger partial charge in [0.1, 0.15) is 12.0 Å². The van der Waals surface area contributed by atoms with Gasteiger partial charge in [0.25, 0.3) is 0 Å². The number of methoxy groups -OCH3 is 1. The first-order valence-corrected chi connectivity index (χ1v) is 16.4. The predicted octanol–water partition coefficient (Wildman–Crippen LogP) is 4.29. The second-order valence-corrected chi connectivity index (χ2v) is 13.5. The molecule has 4 aliphatic rings. The Bertz CT molecular complexity index is 1170. The van der Waals surface area contributed by atoms with Crippen LogP contribution in [-0.4, -0.2) is 88.3 Å². The zero-order valence-electron chi connectivity index (χ0n) is 25.0. The third kappa shape index (κ3) is 7.81. The molecule has 0 radical (unpaired) electrons. The molecule has 9 nitrogen and oxygen atoms in total. The number of carbonyl (C=O) groups excluding carboxylic acids is 1. The Hall–Kier alpha value is -2.28. The minimum atomic E-state index is -0.511. The summed E-state index contributed by atoms with van der Waals surface area (Å²) in [7, 11) is 1.56. The Morgan fingerprint density at radius 3 is 2.90 bits per heavy atom. The number of hydrogen-bond acceptors (Lipinski definition) is 9. The molecule has 6 atom stereocenters. The summed E-state index contributed by atoms with van der Waals surface area (Å²) in [6.45, 7) is 14.5. The van der Waals surface area contributed by atoms with Gasteiger partial charge in [0.15, 0.2) is 5.17 Å². The highest BCUT2D eigenvalue weighted by Crippen LogP contribution is 2.51. The van der Waals surface area contributed by atoms with Crippen LogP contribution < -0.4 is 15.8 Å².